The van der Waals surface area contributed by atoms with Crippen molar-refractivity contribution in [3.63, 3.8) is 0 Å². The molecule has 6 heteroatoms. The first kappa shape index (κ1) is 18.4. The third kappa shape index (κ3) is 4.50. The molecule has 0 bridgehead atoms. The van der Waals surface area contributed by atoms with E-state index in [-0.39, 0.29) is 18.2 Å². The minimum atomic E-state index is -0.408. The minimum absolute atomic E-state index is 0.109. The summed E-state index contributed by atoms with van der Waals surface area (Å²) in [4.78, 5) is 27.1. The Labute approximate surface area is 167 Å². The van der Waals surface area contributed by atoms with Gasteiger partial charge in [-0.2, -0.15) is 0 Å². The van der Waals surface area contributed by atoms with Gasteiger partial charge in [0.2, 0.25) is 11.8 Å². The lowest BCUT2D eigenvalue weighted by molar-refractivity contribution is -0.120. The number of hydrogen-bond donors (Lipinski definition) is 2. The van der Waals surface area contributed by atoms with Crippen LogP contribution < -0.4 is 10.6 Å². The van der Waals surface area contributed by atoms with Crippen molar-refractivity contribution in [1.29, 1.82) is 0 Å². The molecule has 1 aliphatic heterocycles. The molecule has 2 aliphatic rings. The van der Waals surface area contributed by atoms with E-state index in [2.05, 4.69) is 16.7 Å². The highest BCUT2D eigenvalue weighted by Crippen LogP contribution is 2.39. The molecule has 0 aromatic heterocycles. The number of benzene rings is 2. The summed E-state index contributed by atoms with van der Waals surface area (Å²) in [7, 11) is 0. The van der Waals surface area contributed by atoms with Gasteiger partial charge in [0.15, 0.2) is 0 Å². The molecule has 1 heterocycles. The summed E-state index contributed by atoms with van der Waals surface area (Å²) in [5, 5.41) is 6.15. The van der Waals surface area contributed by atoms with E-state index in [0.29, 0.717) is 5.25 Å². The molecule has 1 aliphatic carbocycles. The molecule has 1 fully saturated rings. The van der Waals surface area contributed by atoms with Crippen molar-refractivity contribution in [2.45, 2.75) is 52.4 Å². The van der Waals surface area contributed by atoms with Crippen LogP contribution in [0.25, 0.3) is 0 Å². The van der Waals surface area contributed by atoms with Crippen molar-refractivity contribution >= 4 is 46.7 Å². The van der Waals surface area contributed by atoms with Crippen molar-refractivity contribution in [3.8, 4) is 0 Å². The molecule has 2 N–H and O–H groups in total. The van der Waals surface area contributed by atoms with E-state index in [0.717, 1.165) is 21.2 Å². The molecular weight excluding hydrogens is 376 g/mol. The maximum Gasteiger partial charge on any atom is 0.238 e. The number of amides is 2. The van der Waals surface area contributed by atoms with Crippen molar-refractivity contribution in [3.05, 3.63) is 48.5 Å². The van der Waals surface area contributed by atoms with Gasteiger partial charge < -0.3 is 10.6 Å². The van der Waals surface area contributed by atoms with Crippen LogP contribution in [0.5, 0.6) is 0 Å². The average molecular weight is 399 g/mol. The first-order chi connectivity index (χ1) is 13.2. The van der Waals surface area contributed by atoms with Gasteiger partial charge in [-0.05, 0) is 37.1 Å². The van der Waals surface area contributed by atoms with E-state index in [9.17, 15) is 9.59 Å². The van der Waals surface area contributed by atoms with Gasteiger partial charge in [0.05, 0.1) is 16.6 Å². The van der Waals surface area contributed by atoms with Crippen LogP contribution in [0, 0.1) is 0 Å². The Bertz CT molecular complexity index is 850. The van der Waals surface area contributed by atoms with E-state index in [1.165, 1.54) is 37.4 Å². The fraction of sp³-hybridized carbons (Fsp3) is 0.333. The highest BCUT2D eigenvalue weighted by Gasteiger charge is 2.29. The molecule has 2 aromatic rings. The minimum Gasteiger partial charge on any atom is -0.325 e. The van der Waals surface area contributed by atoms with E-state index < -0.39 is 5.25 Å². The Hall–Kier alpha value is -1.92. The fourth-order valence-electron chi connectivity index (χ4n) is 3.46. The summed E-state index contributed by atoms with van der Waals surface area (Å²) in [6.45, 7) is 0. The van der Waals surface area contributed by atoms with Crippen LogP contribution in [0.4, 0.5) is 11.4 Å². The predicted octanol–water partition coefficient (Wildman–Crippen LogP) is 5.16. The smallest absolute Gasteiger partial charge is 0.238 e. The average Bonchev–Trinajstić information content (AvgIpc) is 3.17. The van der Waals surface area contributed by atoms with Gasteiger partial charge in [-0.15, -0.1) is 23.5 Å². The summed E-state index contributed by atoms with van der Waals surface area (Å²) < 4.78 is 0. The molecule has 1 unspecified atom stereocenters. The molecule has 27 heavy (non-hydrogen) atoms. The monoisotopic (exact) mass is 398 g/mol. The zero-order valence-electron chi connectivity index (χ0n) is 14.9. The van der Waals surface area contributed by atoms with Crippen LogP contribution in [0.2, 0.25) is 0 Å². The molecular formula is C21H22N2O2S2. The molecule has 140 valence electrons. The number of carbonyl (C=O) groups excluding carboxylic acids is 2. The van der Waals surface area contributed by atoms with Gasteiger partial charge in [-0.1, -0.05) is 37.1 Å². The molecule has 4 nitrogen and oxygen atoms in total. The summed E-state index contributed by atoms with van der Waals surface area (Å²) in [5.74, 6) is -0.232. The topological polar surface area (TPSA) is 58.2 Å². The Morgan fingerprint density at radius 2 is 1.85 bits per heavy atom. The normalized spacial score (nSPS) is 19.4. The highest BCUT2D eigenvalue weighted by molar-refractivity contribution is 8.01. The lowest BCUT2D eigenvalue weighted by atomic mass is 10.2. The second kappa shape index (κ2) is 8.40. The van der Waals surface area contributed by atoms with Gasteiger partial charge >= 0.3 is 0 Å². The van der Waals surface area contributed by atoms with Crippen LogP contribution in [0.15, 0.2) is 58.3 Å². The van der Waals surface area contributed by atoms with Crippen LogP contribution in [0.3, 0.4) is 0 Å². The highest BCUT2D eigenvalue weighted by atomic mass is 32.2. The number of rotatable bonds is 5. The zero-order valence-corrected chi connectivity index (χ0v) is 16.6. The second-order valence-electron chi connectivity index (χ2n) is 6.86. The molecule has 0 spiro atoms. The van der Waals surface area contributed by atoms with Crippen LogP contribution in [-0.2, 0) is 9.59 Å². The number of para-hydroxylation sites is 2. The lowest BCUT2D eigenvalue weighted by Crippen LogP contribution is -2.32. The summed E-state index contributed by atoms with van der Waals surface area (Å²) in [6.07, 6.45) is 5.23. The third-order valence-electron chi connectivity index (χ3n) is 4.83. The summed E-state index contributed by atoms with van der Waals surface area (Å²) >= 11 is 3.31. The second-order valence-corrected chi connectivity index (χ2v) is 9.45. The van der Waals surface area contributed by atoms with Gasteiger partial charge in [-0.3, -0.25) is 9.59 Å². The summed E-state index contributed by atoms with van der Waals surface area (Å²) in [5.41, 5.74) is 1.67. The van der Waals surface area contributed by atoms with Crippen LogP contribution in [-0.4, -0.2) is 22.3 Å². The molecule has 2 amide bonds. The van der Waals surface area contributed by atoms with Crippen LogP contribution in [0.1, 0.15) is 32.1 Å². The predicted molar refractivity (Wildman–Crippen MR) is 113 cm³/mol. The maximum atomic E-state index is 12.6. The molecule has 0 radical (unpaired) electrons. The molecule has 2 aromatic carbocycles. The SMILES string of the molecule is O=C(CC1Sc2ccccc2NC1=O)Nc1ccccc1SC1CCCC1. The number of thioether (sulfide) groups is 2. The number of nitrogens with one attached hydrogen (secondary N) is 2. The van der Waals surface area contributed by atoms with Crippen molar-refractivity contribution < 1.29 is 9.59 Å². The number of anilines is 2. The first-order valence-electron chi connectivity index (χ1n) is 9.31. The molecule has 4 rings (SSSR count). The van der Waals surface area contributed by atoms with Gasteiger partial charge in [0.25, 0.3) is 0 Å². The molecule has 1 atom stereocenters. The number of fused-ring (bicyclic) bond motifs is 1. The largest absolute Gasteiger partial charge is 0.325 e. The molecule has 0 saturated heterocycles. The maximum absolute atomic E-state index is 12.6. The van der Waals surface area contributed by atoms with Gasteiger partial charge in [0.1, 0.15) is 0 Å². The Morgan fingerprint density at radius 3 is 2.70 bits per heavy atom. The summed E-state index contributed by atoms with van der Waals surface area (Å²) in [6, 6.07) is 15.6. The zero-order chi connectivity index (χ0) is 18.6. The van der Waals surface area contributed by atoms with Crippen LogP contribution >= 0.6 is 23.5 Å². The first-order valence-corrected chi connectivity index (χ1v) is 11.1. The van der Waals surface area contributed by atoms with Gasteiger partial charge in [0, 0.05) is 21.5 Å². The van der Waals surface area contributed by atoms with Crippen molar-refractivity contribution in [1.82, 2.24) is 0 Å². The van der Waals surface area contributed by atoms with Gasteiger partial charge in [-0.25, -0.2) is 0 Å². The standard InChI is InChI=1S/C21H22N2O2S2/c24-20(13-19-21(25)23-16-10-4-6-12-18(16)27-19)22-15-9-3-5-11-17(15)26-14-7-1-2-8-14/h3-6,9-12,14,19H,1-2,7-8,13H2,(H,22,24)(H,23,25). The Kier molecular flexibility index (Phi) is 5.74. The number of carbonyl (C=O) groups is 2. The fourth-order valence-corrected chi connectivity index (χ4v) is 5.90. The third-order valence-corrected chi connectivity index (χ3v) is 7.52. The van der Waals surface area contributed by atoms with Crippen molar-refractivity contribution in [2.24, 2.45) is 0 Å². The van der Waals surface area contributed by atoms with E-state index in [1.807, 2.05) is 54.2 Å². The van der Waals surface area contributed by atoms with E-state index >= 15 is 0 Å². The number of hydrogen-bond acceptors (Lipinski definition) is 4. The Morgan fingerprint density at radius 1 is 1.11 bits per heavy atom. The van der Waals surface area contributed by atoms with Crippen molar-refractivity contribution in [2.75, 3.05) is 10.6 Å². The Balaban J connectivity index is 1.40. The molecule has 1 saturated carbocycles. The van der Waals surface area contributed by atoms with E-state index in [1.54, 1.807) is 0 Å². The lowest BCUT2D eigenvalue weighted by Gasteiger charge is -2.23. The quantitative estimate of drug-likeness (QED) is 0.730. The van der Waals surface area contributed by atoms with E-state index in [4.69, 9.17) is 0 Å².